The molecule has 8 heteroatoms. The van der Waals surface area contributed by atoms with Gasteiger partial charge in [-0.15, -0.1) is 0 Å². The number of hydrogen-bond acceptors (Lipinski definition) is 7. The van der Waals surface area contributed by atoms with Crippen LogP contribution in [-0.4, -0.2) is 75.4 Å². The molecule has 0 spiro atoms. The van der Waals surface area contributed by atoms with E-state index < -0.39 is 0 Å². The largest absolute Gasteiger partial charge is 0.466 e. The lowest BCUT2D eigenvalue weighted by Gasteiger charge is -2.22. The van der Waals surface area contributed by atoms with Crippen molar-refractivity contribution in [1.82, 2.24) is 10.2 Å². The molecule has 1 amide bonds. The number of carbonyl (C=O) groups is 3. The van der Waals surface area contributed by atoms with E-state index in [0.29, 0.717) is 26.0 Å². The topological polar surface area (TPSA) is 94.2 Å². The number of hydrogen-bond donors (Lipinski definition) is 1. The molecule has 278 valence electrons. The molecule has 0 aromatic carbocycles. The van der Waals surface area contributed by atoms with Crippen LogP contribution in [0.15, 0.2) is 0 Å². The minimum absolute atomic E-state index is 0.0134. The quantitative estimate of drug-likeness (QED) is 0.0525. The van der Waals surface area contributed by atoms with Gasteiger partial charge in [0.25, 0.3) is 0 Å². The van der Waals surface area contributed by atoms with Crippen molar-refractivity contribution >= 4 is 17.8 Å². The Morgan fingerprint density at radius 1 is 0.574 bits per heavy atom. The normalized spacial score (nSPS) is 11.9. The maximum atomic E-state index is 12.4. The third-order valence-electron chi connectivity index (χ3n) is 8.78. The first-order chi connectivity index (χ1) is 23.0. The minimum Gasteiger partial charge on any atom is -0.466 e. The Labute approximate surface area is 290 Å². The summed E-state index contributed by atoms with van der Waals surface area (Å²) < 4.78 is 16.2. The van der Waals surface area contributed by atoms with Gasteiger partial charge in [0.2, 0.25) is 5.91 Å². The molecular formula is C39H76N2O6. The van der Waals surface area contributed by atoms with Crippen molar-refractivity contribution in [2.45, 2.75) is 187 Å². The zero-order valence-electron chi connectivity index (χ0n) is 31.4. The van der Waals surface area contributed by atoms with E-state index in [2.05, 4.69) is 31.0 Å². The second-order valence-electron chi connectivity index (χ2n) is 13.4. The van der Waals surface area contributed by atoms with Gasteiger partial charge in [-0.05, 0) is 77.4 Å². The van der Waals surface area contributed by atoms with Gasteiger partial charge >= 0.3 is 11.9 Å². The van der Waals surface area contributed by atoms with Crippen LogP contribution in [0.5, 0.6) is 0 Å². The third-order valence-corrected chi connectivity index (χ3v) is 8.78. The second-order valence-corrected chi connectivity index (χ2v) is 13.4. The molecule has 0 saturated heterocycles. The summed E-state index contributed by atoms with van der Waals surface area (Å²) in [6, 6.07) is 0. The number of methoxy groups -OCH3 is 1. The van der Waals surface area contributed by atoms with Gasteiger partial charge in [0.15, 0.2) is 0 Å². The molecule has 0 aromatic rings. The fraction of sp³-hybridized carbons (Fsp3) is 0.923. The highest BCUT2D eigenvalue weighted by Crippen LogP contribution is 2.16. The number of ether oxygens (including phenoxy) is 3. The minimum atomic E-state index is -0.0615. The number of carbonyl (C=O) groups excluding carboxylic acids is 3. The Hall–Kier alpha value is -1.67. The lowest BCUT2D eigenvalue weighted by Crippen LogP contribution is -2.32. The highest BCUT2D eigenvalue weighted by atomic mass is 16.5. The number of rotatable bonds is 36. The second kappa shape index (κ2) is 35.6. The van der Waals surface area contributed by atoms with Gasteiger partial charge < -0.3 is 24.4 Å². The highest BCUT2D eigenvalue weighted by molar-refractivity contribution is 5.77. The molecule has 0 rings (SSSR count). The molecule has 0 aromatic heterocycles. The van der Waals surface area contributed by atoms with Crippen molar-refractivity contribution < 1.29 is 28.6 Å². The van der Waals surface area contributed by atoms with Crippen molar-refractivity contribution in [1.29, 1.82) is 0 Å². The van der Waals surface area contributed by atoms with Crippen LogP contribution < -0.4 is 5.32 Å². The van der Waals surface area contributed by atoms with Gasteiger partial charge in [-0.1, -0.05) is 111 Å². The highest BCUT2D eigenvalue weighted by Gasteiger charge is 2.14. The van der Waals surface area contributed by atoms with Gasteiger partial charge in [-0.25, -0.2) is 0 Å². The number of esters is 2. The van der Waals surface area contributed by atoms with Crippen LogP contribution in [0.3, 0.4) is 0 Å². The first kappa shape index (κ1) is 45.3. The number of nitrogens with one attached hydrogen (secondary N) is 1. The van der Waals surface area contributed by atoms with Crippen molar-refractivity contribution in [2.24, 2.45) is 0 Å². The molecule has 8 nitrogen and oxygen atoms in total. The van der Waals surface area contributed by atoms with Crippen molar-refractivity contribution in [3.05, 3.63) is 0 Å². The van der Waals surface area contributed by atoms with E-state index in [1.165, 1.54) is 52.1 Å². The molecule has 0 radical (unpaired) electrons. The third kappa shape index (κ3) is 32.6. The number of nitrogens with zero attached hydrogens (tertiary/aromatic N) is 1. The molecule has 1 N–H and O–H groups in total. The van der Waals surface area contributed by atoms with Crippen molar-refractivity contribution in [2.75, 3.05) is 46.5 Å². The van der Waals surface area contributed by atoms with Gasteiger partial charge in [-0.3, -0.25) is 14.4 Å². The lowest BCUT2D eigenvalue weighted by molar-refractivity contribution is -0.150. The summed E-state index contributed by atoms with van der Waals surface area (Å²) in [5, 5.41) is 2.93. The molecular weight excluding hydrogens is 592 g/mol. The molecule has 0 bridgehead atoms. The maximum absolute atomic E-state index is 12.4. The van der Waals surface area contributed by atoms with E-state index in [4.69, 9.17) is 14.2 Å². The maximum Gasteiger partial charge on any atom is 0.306 e. The predicted molar refractivity (Wildman–Crippen MR) is 195 cm³/mol. The fourth-order valence-corrected chi connectivity index (χ4v) is 5.84. The van der Waals surface area contributed by atoms with Crippen LogP contribution in [0.25, 0.3) is 0 Å². The summed E-state index contributed by atoms with van der Waals surface area (Å²) in [6.45, 7) is 11.0. The molecule has 0 saturated carbocycles. The van der Waals surface area contributed by atoms with Crippen LogP contribution in [0.2, 0.25) is 0 Å². The fourth-order valence-electron chi connectivity index (χ4n) is 5.84. The van der Waals surface area contributed by atoms with E-state index in [1.807, 2.05) is 0 Å². The summed E-state index contributed by atoms with van der Waals surface area (Å²) in [4.78, 5) is 38.6. The number of amides is 1. The van der Waals surface area contributed by atoms with Gasteiger partial charge in [0.05, 0.1) is 6.61 Å². The molecule has 0 heterocycles. The van der Waals surface area contributed by atoms with Crippen LogP contribution in [0.1, 0.15) is 181 Å². The molecule has 0 aliphatic rings. The summed E-state index contributed by atoms with van der Waals surface area (Å²) in [7, 11) is 1.54. The molecule has 47 heavy (non-hydrogen) atoms. The lowest BCUT2D eigenvalue weighted by atomic mass is 10.1. The van der Waals surface area contributed by atoms with E-state index in [0.717, 1.165) is 122 Å². The van der Waals surface area contributed by atoms with Crippen LogP contribution in [0, 0.1) is 0 Å². The zero-order chi connectivity index (χ0) is 34.6. The monoisotopic (exact) mass is 669 g/mol. The average molecular weight is 669 g/mol. The Bertz CT molecular complexity index is 720. The van der Waals surface area contributed by atoms with Gasteiger partial charge in [0, 0.05) is 26.5 Å². The van der Waals surface area contributed by atoms with E-state index in [-0.39, 0.29) is 30.6 Å². The Balaban J connectivity index is 4.19. The smallest absolute Gasteiger partial charge is 0.306 e. The Morgan fingerprint density at radius 2 is 1.09 bits per heavy atom. The van der Waals surface area contributed by atoms with Crippen molar-refractivity contribution in [3.63, 3.8) is 0 Å². The zero-order valence-corrected chi connectivity index (χ0v) is 31.4. The number of unbranched alkanes of at least 4 members (excludes halogenated alkanes) is 15. The summed E-state index contributed by atoms with van der Waals surface area (Å²) >= 11 is 0. The molecule has 0 aliphatic heterocycles. The molecule has 1 unspecified atom stereocenters. The SMILES string of the molecule is CCCCCCCC(=O)OCCCCCCCN(CCCCCCCC(=O)OC(CCCC)CCCCC)CCCNC(=O)COC. The van der Waals surface area contributed by atoms with Crippen LogP contribution in [0.4, 0.5) is 0 Å². The summed E-state index contributed by atoms with van der Waals surface area (Å²) in [5.41, 5.74) is 0. The first-order valence-corrected chi connectivity index (χ1v) is 19.8. The van der Waals surface area contributed by atoms with Crippen molar-refractivity contribution in [3.8, 4) is 0 Å². The van der Waals surface area contributed by atoms with Crippen LogP contribution >= 0.6 is 0 Å². The summed E-state index contributed by atoms with van der Waals surface area (Å²) in [6.07, 6.45) is 26.7. The van der Waals surface area contributed by atoms with Crippen LogP contribution in [-0.2, 0) is 28.6 Å². The molecule has 0 fully saturated rings. The van der Waals surface area contributed by atoms with Gasteiger partial charge in [0.1, 0.15) is 12.7 Å². The van der Waals surface area contributed by atoms with Gasteiger partial charge in [-0.2, -0.15) is 0 Å². The van der Waals surface area contributed by atoms with E-state index in [9.17, 15) is 14.4 Å². The Morgan fingerprint density at radius 3 is 1.72 bits per heavy atom. The first-order valence-electron chi connectivity index (χ1n) is 19.8. The molecule has 0 aliphatic carbocycles. The Kier molecular flexibility index (Phi) is 34.4. The van der Waals surface area contributed by atoms with E-state index >= 15 is 0 Å². The standard InChI is InChI=1S/C39H76N2O6/c1-5-8-11-14-20-28-38(43)46-34-24-18-13-17-23-32-41(33-25-30-40-37(42)35-45-4)31-22-16-12-15-21-29-39(44)47-36(26-10-7-3)27-19-9-6-2/h36H,5-35H2,1-4H3,(H,40,42). The summed E-state index contributed by atoms with van der Waals surface area (Å²) in [5.74, 6) is -0.115. The predicted octanol–water partition coefficient (Wildman–Crippen LogP) is 9.32. The average Bonchev–Trinajstić information content (AvgIpc) is 3.05. The molecule has 1 atom stereocenters. The van der Waals surface area contributed by atoms with E-state index in [1.54, 1.807) is 0 Å².